The lowest BCUT2D eigenvalue weighted by Gasteiger charge is -2.31. The van der Waals surface area contributed by atoms with Gasteiger partial charge < -0.3 is 0 Å². The van der Waals surface area contributed by atoms with Gasteiger partial charge in [0.2, 0.25) is 0 Å². The molecule has 0 unspecified atom stereocenters. The van der Waals surface area contributed by atoms with Gasteiger partial charge in [-0.2, -0.15) is 0 Å². The molecule has 1 aromatic rings. The van der Waals surface area contributed by atoms with Crippen molar-refractivity contribution in [3.8, 4) is 0 Å². The Morgan fingerprint density at radius 1 is 1.12 bits per heavy atom. The quantitative estimate of drug-likeness (QED) is 0.615. The molecule has 0 atom stereocenters. The van der Waals surface area contributed by atoms with E-state index in [0.29, 0.717) is 0 Å². The number of nitrogens with zero attached hydrogens (tertiary/aromatic N) is 2. The fourth-order valence-electron chi connectivity index (χ4n) is 2.60. The number of hydrogen-bond donors (Lipinski definition) is 0. The van der Waals surface area contributed by atoms with Crippen LogP contribution in [0, 0.1) is 0 Å². The van der Waals surface area contributed by atoms with Gasteiger partial charge in [0, 0.05) is 5.56 Å². The molecule has 0 aromatic heterocycles. The number of hydrogen-bond acceptors (Lipinski definition) is 2. The Morgan fingerprint density at radius 2 is 1.81 bits per heavy atom. The fraction of sp³-hybridized carbons (Fsp3) is 0.333. The number of amides is 2. The van der Waals surface area contributed by atoms with Crippen LogP contribution in [0.2, 0.25) is 0 Å². The van der Waals surface area contributed by atoms with E-state index in [2.05, 4.69) is 0 Å². The van der Waals surface area contributed by atoms with Crippen molar-refractivity contribution in [1.82, 2.24) is 5.01 Å². The largest absolute Gasteiger partial charge is 0.272 e. The Bertz CT molecular complexity index is 507. The van der Waals surface area contributed by atoms with E-state index in [0.717, 1.165) is 11.3 Å². The second-order valence-electron chi connectivity index (χ2n) is 4.66. The first-order chi connectivity index (χ1) is 7.53. The van der Waals surface area contributed by atoms with Gasteiger partial charge in [-0.1, -0.05) is 18.2 Å². The minimum absolute atomic E-state index is 0.0161. The first kappa shape index (κ1) is 9.39. The number of carbonyl (C=O) groups is 2. The number of fused-ring (bicyclic) bond motifs is 3. The van der Waals surface area contributed by atoms with Crippen molar-refractivity contribution in [2.24, 2.45) is 0 Å². The van der Waals surface area contributed by atoms with Gasteiger partial charge >= 0.3 is 0 Å². The minimum atomic E-state index is -0.431. The van der Waals surface area contributed by atoms with Crippen LogP contribution in [0.4, 0.5) is 5.69 Å². The molecule has 1 aromatic carbocycles. The van der Waals surface area contributed by atoms with Crippen LogP contribution in [0.1, 0.15) is 25.8 Å². The Hall–Kier alpha value is -1.84. The monoisotopic (exact) mass is 216 g/mol. The van der Waals surface area contributed by atoms with Crippen LogP contribution in [-0.2, 0) is 15.1 Å². The van der Waals surface area contributed by atoms with Crippen molar-refractivity contribution in [3.63, 3.8) is 0 Å². The summed E-state index contributed by atoms with van der Waals surface area (Å²) in [5.74, 6) is -0.255. The maximum atomic E-state index is 11.8. The van der Waals surface area contributed by atoms with Crippen LogP contribution in [-0.4, -0.2) is 16.8 Å². The third kappa shape index (κ3) is 0.894. The highest BCUT2D eigenvalue weighted by molar-refractivity contribution is 6.13. The Morgan fingerprint density at radius 3 is 2.56 bits per heavy atom. The van der Waals surface area contributed by atoms with E-state index in [1.807, 2.05) is 38.1 Å². The molecule has 2 heterocycles. The molecule has 3 rings (SSSR count). The van der Waals surface area contributed by atoms with Crippen molar-refractivity contribution < 1.29 is 9.59 Å². The summed E-state index contributed by atoms with van der Waals surface area (Å²) in [5, 5.41) is 3.08. The highest BCUT2D eigenvalue weighted by atomic mass is 16.2. The number of benzene rings is 1. The fourth-order valence-corrected chi connectivity index (χ4v) is 2.60. The highest BCUT2D eigenvalue weighted by Crippen LogP contribution is 2.46. The van der Waals surface area contributed by atoms with Gasteiger partial charge in [0.15, 0.2) is 0 Å². The first-order valence-corrected chi connectivity index (χ1v) is 5.29. The zero-order chi connectivity index (χ0) is 11.5. The first-order valence-electron chi connectivity index (χ1n) is 5.29. The summed E-state index contributed by atoms with van der Waals surface area (Å²) in [6.45, 7) is 3.92. The lowest BCUT2D eigenvalue weighted by molar-refractivity contribution is -0.132. The maximum absolute atomic E-state index is 11.8. The molecule has 16 heavy (non-hydrogen) atoms. The lowest BCUT2D eigenvalue weighted by Crippen LogP contribution is -2.45. The van der Waals surface area contributed by atoms with Crippen molar-refractivity contribution in [2.45, 2.75) is 25.8 Å². The summed E-state index contributed by atoms with van der Waals surface area (Å²) >= 11 is 0. The van der Waals surface area contributed by atoms with Gasteiger partial charge in [0.1, 0.15) is 6.42 Å². The SMILES string of the molecule is CC1(C)c2ccccc2N2C(=O)CC(=O)N21. The zero-order valence-corrected chi connectivity index (χ0v) is 9.23. The molecule has 0 radical (unpaired) electrons. The van der Waals surface area contributed by atoms with E-state index in [9.17, 15) is 9.59 Å². The van der Waals surface area contributed by atoms with Crippen LogP contribution in [0.5, 0.6) is 0 Å². The molecular formula is C12H12N2O2. The van der Waals surface area contributed by atoms with E-state index in [4.69, 9.17) is 0 Å². The lowest BCUT2D eigenvalue weighted by atomic mass is 9.94. The molecule has 0 bridgehead atoms. The standard InChI is InChI=1S/C12H12N2O2/c1-12(2)8-5-3-4-6-9(8)13-10(15)7-11(16)14(12)13/h3-6H,7H2,1-2H3. The van der Waals surface area contributed by atoms with Crippen LogP contribution in [0.15, 0.2) is 24.3 Å². The molecule has 0 aliphatic carbocycles. The van der Waals surface area contributed by atoms with Crippen LogP contribution in [0.3, 0.4) is 0 Å². The Kier molecular flexibility index (Phi) is 1.55. The van der Waals surface area contributed by atoms with Gasteiger partial charge in [-0.25, -0.2) is 10.0 Å². The van der Waals surface area contributed by atoms with Crippen molar-refractivity contribution in [2.75, 3.05) is 5.01 Å². The van der Waals surface area contributed by atoms with E-state index in [1.165, 1.54) is 5.01 Å². The third-order valence-electron chi connectivity index (χ3n) is 3.30. The molecule has 0 N–H and O–H groups in total. The zero-order valence-electron chi connectivity index (χ0n) is 9.23. The third-order valence-corrected chi connectivity index (χ3v) is 3.30. The van der Waals surface area contributed by atoms with Crippen molar-refractivity contribution >= 4 is 17.5 Å². The predicted octanol–water partition coefficient (Wildman–Crippen LogP) is 1.42. The van der Waals surface area contributed by atoms with Gasteiger partial charge in [0.25, 0.3) is 11.8 Å². The molecule has 4 heteroatoms. The summed E-state index contributed by atoms with van der Waals surface area (Å²) in [6.07, 6.45) is -0.0161. The summed E-state index contributed by atoms with van der Waals surface area (Å²) in [7, 11) is 0. The van der Waals surface area contributed by atoms with E-state index in [-0.39, 0.29) is 18.2 Å². The maximum Gasteiger partial charge on any atom is 0.255 e. The average Bonchev–Trinajstić information content (AvgIpc) is 2.65. The molecule has 2 aliphatic rings. The number of para-hydroxylation sites is 1. The average molecular weight is 216 g/mol. The summed E-state index contributed by atoms with van der Waals surface area (Å²) in [5.41, 5.74) is 1.43. The molecule has 0 saturated carbocycles. The summed E-state index contributed by atoms with van der Waals surface area (Å²) in [4.78, 5) is 23.6. The Balaban J connectivity index is 2.27. The van der Waals surface area contributed by atoms with Gasteiger partial charge in [0.05, 0.1) is 11.2 Å². The Labute approximate surface area is 93.4 Å². The molecular weight excluding hydrogens is 204 g/mol. The number of rotatable bonds is 0. The smallest absolute Gasteiger partial charge is 0.255 e. The molecule has 1 fully saturated rings. The van der Waals surface area contributed by atoms with Crippen molar-refractivity contribution in [1.29, 1.82) is 0 Å². The summed E-state index contributed by atoms with van der Waals surface area (Å²) in [6, 6.07) is 7.66. The molecule has 1 saturated heterocycles. The molecule has 82 valence electrons. The number of anilines is 1. The molecule has 4 nitrogen and oxygen atoms in total. The van der Waals surface area contributed by atoms with Gasteiger partial charge in [-0.3, -0.25) is 9.59 Å². The van der Waals surface area contributed by atoms with E-state index >= 15 is 0 Å². The van der Waals surface area contributed by atoms with Crippen LogP contribution >= 0.6 is 0 Å². The molecule has 2 aliphatic heterocycles. The summed E-state index contributed by atoms with van der Waals surface area (Å²) < 4.78 is 0. The number of carbonyl (C=O) groups excluding carboxylic acids is 2. The van der Waals surface area contributed by atoms with Gasteiger partial charge in [-0.15, -0.1) is 0 Å². The minimum Gasteiger partial charge on any atom is -0.272 e. The molecule has 0 spiro atoms. The second-order valence-corrected chi connectivity index (χ2v) is 4.66. The highest BCUT2D eigenvalue weighted by Gasteiger charge is 2.52. The van der Waals surface area contributed by atoms with Gasteiger partial charge in [-0.05, 0) is 19.9 Å². The van der Waals surface area contributed by atoms with E-state index < -0.39 is 5.54 Å². The second kappa shape index (κ2) is 2.64. The van der Waals surface area contributed by atoms with E-state index in [1.54, 1.807) is 5.01 Å². The topological polar surface area (TPSA) is 40.6 Å². The molecule has 2 amide bonds. The predicted molar refractivity (Wildman–Crippen MR) is 58.4 cm³/mol. The van der Waals surface area contributed by atoms with Crippen LogP contribution < -0.4 is 5.01 Å². The number of hydrazine groups is 1. The normalized spacial score (nSPS) is 21.4. The van der Waals surface area contributed by atoms with Crippen LogP contribution in [0.25, 0.3) is 0 Å². The van der Waals surface area contributed by atoms with Crippen molar-refractivity contribution in [3.05, 3.63) is 29.8 Å².